The van der Waals surface area contributed by atoms with Crippen molar-refractivity contribution in [2.45, 2.75) is 6.18 Å². The van der Waals surface area contributed by atoms with Gasteiger partial charge in [0.15, 0.2) is 5.82 Å². The third-order valence-corrected chi connectivity index (χ3v) is 2.04. The maximum Gasteiger partial charge on any atom is 0.405 e. The highest BCUT2D eigenvalue weighted by Gasteiger charge is 2.32. The van der Waals surface area contributed by atoms with E-state index < -0.39 is 24.9 Å². The summed E-state index contributed by atoms with van der Waals surface area (Å²) in [6, 6.07) is 0. The molecule has 8 heteroatoms. The van der Waals surface area contributed by atoms with E-state index in [0.29, 0.717) is 4.90 Å². The number of hydrogen-bond donors (Lipinski definition) is 1. The Kier molecular flexibility index (Phi) is 4.11. The van der Waals surface area contributed by atoms with Crippen LogP contribution >= 0.6 is 0 Å². The number of rotatable bonds is 4. The van der Waals surface area contributed by atoms with Crippen LogP contribution in [-0.2, 0) is 7.05 Å². The number of aryl methyl sites for hydroxylation is 1. The lowest BCUT2D eigenvalue weighted by Crippen LogP contribution is -2.40. The Bertz CT molecular complexity index is 430. The van der Waals surface area contributed by atoms with Gasteiger partial charge < -0.3 is 14.6 Å². The van der Waals surface area contributed by atoms with E-state index >= 15 is 0 Å². The molecular weight excluding hydrogens is 239 g/mol. The summed E-state index contributed by atoms with van der Waals surface area (Å²) in [5.74, 6) is -0.318. The number of nitrogens with zero attached hydrogens (tertiary/aromatic N) is 3. The van der Waals surface area contributed by atoms with Crippen LogP contribution in [0.3, 0.4) is 0 Å². The standard InChI is InChI=1S/C9H12F3N3O2/c1-14-3-2-13-7(8(14)17)15(4-5-16)6-9(10,11)12/h2-3,16H,4-6H2,1H3. The molecule has 0 aliphatic rings. The number of halogens is 3. The maximum absolute atomic E-state index is 12.3. The van der Waals surface area contributed by atoms with Crippen molar-refractivity contribution >= 4 is 5.82 Å². The molecule has 96 valence electrons. The second-order valence-electron chi connectivity index (χ2n) is 3.43. The van der Waals surface area contributed by atoms with Crippen molar-refractivity contribution in [1.29, 1.82) is 0 Å². The molecule has 0 atom stereocenters. The van der Waals surface area contributed by atoms with Crippen LogP contribution in [0.15, 0.2) is 17.2 Å². The van der Waals surface area contributed by atoms with Crippen LogP contribution in [0.25, 0.3) is 0 Å². The molecule has 1 N–H and O–H groups in total. The molecule has 0 saturated carbocycles. The molecule has 0 aromatic carbocycles. The molecule has 0 fully saturated rings. The van der Waals surface area contributed by atoms with Crippen molar-refractivity contribution in [1.82, 2.24) is 9.55 Å². The van der Waals surface area contributed by atoms with Crippen molar-refractivity contribution < 1.29 is 18.3 Å². The Morgan fingerprint density at radius 1 is 1.53 bits per heavy atom. The SMILES string of the molecule is Cn1ccnc(N(CCO)CC(F)(F)F)c1=O. The van der Waals surface area contributed by atoms with Crippen LogP contribution in [0.4, 0.5) is 19.0 Å². The van der Waals surface area contributed by atoms with Gasteiger partial charge in [0, 0.05) is 26.0 Å². The summed E-state index contributed by atoms with van der Waals surface area (Å²) < 4.78 is 38.0. The second kappa shape index (κ2) is 5.17. The molecule has 0 radical (unpaired) electrons. The third kappa shape index (κ3) is 3.74. The predicted octanol–water partition coefficient (Wildman–Crippen LogP) is 0.141. The average molecular weight is 251 g/mol. The minimum Gasteiger partial charge on any atom is -0.395 e. The zero-order valence-corrected chi connectivity index (χ0v) is 9.11. The summed E-state index contributed by atoms with van der Waals surface area (Å²) in [7, 11) is 1.41. The van der Waals surface area contributed by atoms with Gasteiger partial charge in [-0.15, -0.1) is 0 Å². The Balaban J connectivity index is 3.06. The zero-order valence-electron chi connectivity index (χ0n) is 9.11. The summed E-state index contributed by atoms with van der Waals surface area (Å²) >= 11 is 0. The summed E-state index contributed by atoms with van der Waals surface area (Å²) in [6.45, 7) is -2.11. The van der Waals surface area contributed by atoms with E-state index in [1.54, 1.807) is 0 Å². The summed E-state index contributed by atoms with van der Waals surface area (Å²) in [4.78, 5) is 15.9. The van der Waals surface area contributed by atoms with Gasteiger partial charge >= 0.3 is 6.18 Å². The van der Waals surface area contributed by atoms with E-state index in [9.17, 15) is 18.0 Å². The smallest absolute Gasteiger partial charge is 0.395 e. The lowest BCUT2D eigenvalue weighted by atomic mass is 10.4. The number of hydrogen-bond acceptors (Lipinski definition) is 4. The minimum absolute atomic E-state index is 0.300. The first-order valence-electron chi connectivity index (χ1n) is 4.79. The molecule has 0 bridgehead atoms. The molecule has 0 unspecified atom stereocenters. The van der Waals surface area contributed by atoms with Gasteiger partial charge in [0.2, 0.25) is 0 Å². The first-order valence-corrected chi connectivity index (χ1v) is 4.79. The molecule has 5 nitrogen and oxygen atoms in total. The van der Waals surface area contributed by atoms with Crippen LogP contribution in [-0.4, -0.2) is 40.5 Å². The van der Waals surface area contributed by atoms with Gasteiger partial charge in [-0.2, -0.15) is 13.2 Å². The van der Waals surface area contributed by atoms with Crippen LogP contribution in [0, 0.1) is 0 Å². The second-order valence-corrected chi connectivity index (χ2v) is 3.43. The fraction of sp³-hybridized carbons (Fsp3) is 0.556. The highest BCUT2D eigenvalue weighted by Crippen LogP contribution is 2.18. The van der Waals surface area contributed by atoms with E-state index in [1.165, 1.54) is 19.4 Å². The molecule has 0 aliphatic carbocycles. The largest absolute Gasteiger partial charge is 0.405 e. The first-order chi connectivity index (χ1) is 7.85. The van der Waals surface area contributed by atoms with Crippen LogP contribution < -0.4 is 10.5 Å². The normalized spacial score (nSPS) is 11.6. The predicted molar refractivity (Wildman–Crippen MR) is 54.8 cm³/mol. The number of aliphatic hydroxyl groups is 1. The highest BCUT2D eigenvalue weighted by molar-refractivity contribution is 5.35. The lowest BCUT2D eigenvalue weighted by molar-refractivity contribution is -0.120. The molecule has 0 spiro atoms. The number of anilines is 1. The summed E-state index contributed by atoms with van der Waals surface area (Å²) in [5.41, 5.74) is -0.634. The topological polar surface area (TPSA) is 58.4 Å². The molecule has 0 saturated heterocycles. The Labute approximate surface area is 95.1 Å². The molecule has 1 rings (SSSR count). The third-order valence-electron chi connectivity index (χ3n) is 2.04. The quantitative estimate of drug-likeness (QED) is 0.827. The van der Waals surface area contributed by atoms with E-state index in [0.717, 1.165) is 4.57 Å². The highest BCUT2D eigenvalue weighted by atomic mass is 19.4. The Morgan fingerprint density at radius 3 is 2.71 bits per heavy atom. The fourth-order valence-corrected chi connectivity index (χ4v) is 1.30. The fourth-order valence-electron chi connectivity index (χ4n) is 1.30. The van der Waals surface area contributed by atoms with E-state index in [1.807, 2.05) is 0 Å². The molecule has 1 aromatic heterocycles. The first kappa shape index (κ1) is 13.5. The maximum atomic E-state index is 12.3. The Morgan fingerprint density at radius 2 is 2.18 bits per heavy atom. The lowest BCUT2D eigenvalue weighted by Gasteiger charge is -2.23. The molecule has 17 heavy (non-hydrogen) atoms. The van der Waals surface area contributed by atoms with Crippen LogP contribution in [0.1, 0.15) is 0 Å². The van der Waals surface area contributed by atoms with E-state index in [-0.39, 0.29) is 12.4 Å². The molecular formula is C9H12F3N3O2. The molecule has 0 aliphatic heterocycles. The van der Waals surface area contributed by atoms with Gasteiger partial charge in [-0.1, -0.05) is 0 Å². The summed E-state index contributed by atoms with van der Waals surface area (Å²) in [6.07, 6.45) is -1.88. The van der Waals surface area contributed by atoms with Gasteiger partial charge in [0.25, 0.3) is 5.56 Å². The molecule has 1 heterocycles. The number of aromatic nitrogens is 2. The van der Waals surface area contributed by atoms with Crippen molar-refractivity contribution in [3.05, 3.63) is 22.7 Å². The van der Waals surface area contributed by atoms with Gasteiger partial charge in [-0.3, -0.25) is 4.79 Å². The van der Waals surface area contributed by atoms with Crippen LogP contribution in [0.2, 0.25) is 0 Å². The van der Waals surface area contributed by atoms with Gasteiger partial charge in [-0.05, 0) is 0 Å². The minimum atomic E-state index is -4.46. The average Bonchev–Trinajstić information content (AvgIpc) is 2.19. The molecule has 1 aromatic rings. The summed E-state index contributed by atoms with van der Waals surface area (Å²) in [5, 5.41) is 8.71. The van der Waals surface area contributed by atoms with Crippen molar-refractivity contribution in [3.63, 3.8) is 0 Å². The van der Waals surface area contributed by atoms with Crippen molar-refractivity contribution in [2.24, 2.45) is 7.05 Å². The van der Waals surface area contributed by atoms with Crippen molar-refractivity contribution in [3.8, 4) is 0 Å². The van der Waals surface area contributed by atoms with E-state index in [4.69, 9.17) is 5.11 Å². The Hall–Kier alpha value is -1.57. The van der Waals surface area contributed by atoms with Crippen LogP contribution in [0.5, 0.6) is 0 Å². The van der Waals surface area contributed by atoms with Gasteiger partial charge in [-0.25, -0.2) is 4.98 Å². The number of aliphatic hydroxyl groups excluding tert-OH is 1. The van der Waals surface area contributed by atoms with Crippen molar-refractivity contribution in [2.75, 3.05) is 24.6 Å². The van der Waals surface area contributed by atoms with Gasteiger partial charge in [0.1, 0.15) is 6.54 Å². The van der Waals surface area contributed by atoms with E-state index in [2.05, 4.69) is 4.98 Å². The molecule has 0 amide bonds. The number of alkyl halides is 3. The van der Waals surface area contributed by atoms with Gasteiger partial charge in [0.05, 0.1) is 6.61 Å². The monoisotopic (exact) mass is 251 g/mol. The zero-order chi connectivity index (χ0) is 13.1.